The van der Waals surface area contributed by atoms with Crippen LogP contribution in [0.5, 0.6) is 0 Å². The van der Waals surface area contributed by atoms with Crippen molar-refractivity contribution in [3.63, 3.8) is 0 Å². The maximum absolute atomic E-state index is 3.78. The number of hydrogen-bond donors (Lipinski definition) is 1. The average molecular weight is 252 g/mol. The van der Waals surface area contributed by atoms with E-state index in [0.29, 0.717) is 0 Å². The van der Waals surface area contributed by atoms with Crippen molar-refractivity contribution in [2.24, 2.45) is 5.92 Å². The molecule has 2 heteroatoms. The van der Waals surface area contributed by atoms with Crippen LogP contribution in [-0.4, -0.2) is 37.1 Å². The van der Waals surface area contributed by atoms with Crippen LogP contribution in [0.4, 0.5) is 0 Å². The van der Waals surface area contributed by atoms with Crippen LogP contribution in [-0.2, 0) is 0 Å². The molecule has 0 aromatic rings. The fourth-order valence-electron chi connectivity index (χ4n) is 3.78. The molecule has 2 aliphatic rings. The third-order valence-electron chi connectivity index (χ3n) is 4.84. The monoisotopic (exact) mass is 252 g/mol. The molecule has 1 unspecified atom stereocenters. The molecule has 0 radical (unpaired) electrons. The van der Waals surface area contributed by atoms with E-state index >= 15 is 0 Å². The van der Waals surface area contributed by atoms with Crippen molar-refractivity contribution in [2.75, 3.05) is 26.2 Å². The molecule has 1 aliphatic carbocycles. The van der Waals surface area contributed by atoms with Gasteiger partial charge in [-0.1, -0.05) is 39.0 Å². The Labute approximate surface area is 114 Å². The summed E-state index contributed by atoms with van der Waals surface area (Å²) in [6.45, 7) is 7.38. The molecule has 0 aromatic heterocycles. The van der Waals surface area contributed by atoms with Gasteiger partial charge in [0.15, 0.2) is 0 Å². The standard InChI is InChI=1S/C16H32N2/c1-2-17-16(15-10-6-5-7-11-15)14-18-12-8-3-4-9-13-18/h15-17H,2-14H2,1H3. The summed E-state index contributed by atoms with van der Waals surface area (Å²) < 4.78 is 0. The lowest BCUT2D eigenvalue weighted by molar-refractivity contribution is 0.188. The van der Waals surface area contributed by atoms with Gasteiger partial charge in [-0.3, -0.25) is 0 Å². The van der Waals surface area contributed by atoms with Crippen molar-refractivity contribution in [1.29, 1.82) is 0 Å². The Bertz CT molecular complexity index is 203. The van der Waals surface area contributed by atoms with Crippen LogP contribution in [0.3, 0.4) is 0 Å². The van der Waals surface area contributed by atoms with Crippen LogP contribution in [0.15, 0.2) is 0 Å². The Morgan fingerprint density at radius 2 is 1.56 bits per heavy atom. The number of rotatable bonds is 5. The largest absolute Gasteiger partial charge is 0.313 e. The summed E-state index contributed by atoms with van der Waals surface area (Å²) >= 11 is 0. The summed E-state index contributed by atoms with van der Waals surface area (Å²) in [5, 5.41) is 3.78. The van der Waals surface area contributed by atoms with Crippen molar-refractivity contribution < 1.29 is 0 Å². The SMILES string of the molecule is CCNC(CN1CCCCCC1)C1CCCCC1. The zero-order valence-corrected chi connectivity index (χ0v) is 12.3. The second-order valence-electron chi connectivity index (χ2n) is 6.28. The van der Waals surface area contributed by atoms with E-state index in [9.17, 15) is 0 Å². The average Bonchev–Trinajstić information content (AvgIpc) is 2.68. The molecule has 1 N–H and O–H groups in total. The molecule has 0 amide bonds. The van der Waals surface area contributed by atoms with Gasteiger partial charge in [-0.15, -0.1) is 0 Å². The molecule has 0 aromatic carbocycles. The number of likely N-dealkylation sites (N-methyl/N-ethyl adjacent to an activating group) is 1. The minimum atomic E-state index is 0.758. The highest BCUT2D eigenvalue weighted by atomic mass is 15.1. The fraction of sp³-hybridized carbons (Fsp3) is 1.00. The van der Waals surface area contributed by atoms with E-state index in [-0.39, 0.29) is 0 Å². The van der Waals surface area contributed by atoms with Gasteiger partial charge in [0.1, 0.15) is 0 Å². The van der Waals surface area contributed by atoms with Gasteiger partial charge in [-0.25, -0.2) is 0 Å². The van der Waals surface area contributed by atoms with Gasteiger partial charge in [-0.05, 0) is 51.2 Å². The topological polar surface area (TPSA) is 15.3 Å². The normalized spacial score (nSPS) is 25.8. The minimum Gasteiger partial charge on any atom is -0.313 e. The second-order valence-corrected chi connectivity index (χ2v) is 6.28. The van der Waals surface area contributed by atoms with E-state index in [1.54, 1.807) is 0 Å². The minimum absolute atomic E-state index is 0.758. The number of nitrogens with one attached hydrogen (secondary N) is 1. The summed E-state index contributed by atoms with van der Waals surface area (Å²) in [7, 11) is 0. The Morgan fingerprint density at radius 3 is 2.17 bits per heavy atom. The number of hydrogen-bond acceptors (Lipinski definition) is 2. The van der Waals surface area contributed by atoms with E-state index in [4.69, 9.17) is 0 Å². The summed E-state index contributed by atoms with van der Waals surface area (Å²) in [5.74, 6) is 0.946. The lowest BCUT2D eigenvalue weighted by atomic mass is 9.83. The zero-order chi connectivity index (χ0) is 12.6. The molecule has 0 spiro atoms. The number of nitrogens with zero attached hydrogens (tertiary/aromatic N) is 1. The van der Waals surface area contributed by atoms with Crippen LogP contribution < -0.4 is 5.32 Å². The summed E-state index contributed by atoms with van der Waals surface area (Å²) in [4.78, 5) is 2.73. The van der Waals surface area contributed by atoms with E-state index in [0.717, 1.165) is 18.5 Å². The van der Waals surface area contributed by atoms with E-state index in [1.807, 2.05) is 0 Å². The smallest absolute Gasteiger partial charge is 0.0223 e. The third kappa shape index (κ3) is 4.55. The van der Waals surface area contributed by atoms with Crippen molar-refractivity contribution >= 4 is 0 Å². The van der Waals surface area contributed by atoms with Crippen LogP contribution in [0.1, 0.15) is 64.7 Å². The van der Waals surface area contributed by atoms with Gasteiger partial charge in [-0.2, -0.15) is 0 Å². The summed E-state index contributed by atoms with van der Waals surface area (Å²) in [5.41, 5.74) is 0. The van der Waals surface area contributed by atoms with Crippen molar-refractivity contribution in [3.8, 4) is 0 Å². The maximum Gasteiger partial charge on any atom is 0.0223 e. The van der Waals surface area contributed by atoms with Gasteiger partial charge in [0.05, 0.1) is 0 Å². The first kappa shape index (κ1) is 14.3. The zero-order valence-electron chi connectivity index (χ0n) is 12.3. The first-order valence-electron chi connectivity index (χ1n) is 8.36. The molecule has 1 saturated heterocycles. The fourth-order valence-corrected chi connectivity index (χ4v) is 3.78. The molecule has 0 bridgehead atoms. The maximum atomic E-state index is 3.78. The molecule has 2 rings (SSSR count). The Hall–Kier alpha value is -0.0800. The Balaban J connectivity index is 1.83. The first-order chi connectivity index (χ1) is 8.90. The molecule has 106 valence electrons. The summed E-state index contributed by atoms with van der Waals surface area (Å²) in [6.07, 6.45) is 13.1. The molecule has 18 heavy (non-hydrogen) atoms. The molecule has 1 saturated carbocycles. The van der Waals surface area contributed by atoms with Crippen LogP contribution >= 0.6 is 0 Å². The second kappa shape index (κ2) is 8.16. The Morgan fingerprint density at radius 1 is 0.944 bits per heavy atom. The molecule has 1 aliphatic heterocycles. The van der Waals surface area contributed by atoms with Crippen LogP contribution in [0, 0.1) is 5.92 Å². The number of likely N-dealkylation sites (tertiary alicyclic amines) is 1. The van der Waals surface area contributed by atoms with Gasteiger partial charge in [0.25, 0.3) is 0 Å². The third-order valence-corrected chi connectivity index (χ3v) is 4.84. The molecule has 1 heterocycles. The van der Waals surface area contributed by atoms with Gasteiger partial charge >= 0.3 is 0 Å². The molecular formula is C16H32N2. The van der Waals surface area contributed by atoms with E-state index < -0.39 is 0 Å². The molecule has 2 nitrogen and oxygen atoms in total. The quantitative estimate of drug-likeness (QED) is 0.806. The highest BCUT2D eigenvalue weighted by Gasteiger charge is 2.25. The molecule has 2 fully saturated rings. The lowest BCUT2D eigenvalue weighted by Crippen LogP contribution is -2.46. The first-order valence-corrected chi connectivity index (χ1v) is 8.36. The van der Waals surface area contributed by atoms with E-state index in [2.05, 4.69) is 17.1 Å². The van der Waals surface area contributed by atoms with Crippen molar-refractivity contribution in [1.82, 2.24) is 10.2 Å². The van der Waals surface area contributed by atoms with Crippen molar-refractivity contribution in [2.45, 2.75) is 70.8 Å². The molecular weight excluding hydrogens is 220 g/mol. The van der Waals surface area contributed by atoms with Gasteiger partial charge in [0, 0.05) is 12.6 Å². The predicted octanol–water partition coefficient (Wildman–Crippen LogP) is 3.42. The molecule has 1 atom stereocenters. The van der Waals surface area contributed by atoms with Crippen molar-refractivity contribution in [3.05, 3.63) is 0 Å². The van der Waals surface area contributed by atoms with Crippen LogP contribution in [0.25, 0.3) is 0 Å². The highest BCUT2D eigenvalue weighted by molar-refractivity contribution is 4.82. The predicted molar refractivity (Wildman–Crippen MR) is 78.9 cm³/mol. The Kier molecular flexibility index (Phi) is 6.50. The van der Waals surface area contributed by atoms with Gasteiger partial charge < -0.3 is 10.2 Å². The van der Waals surface area contributed by atoms with Gasteiger partial charge in [0.2, 0.25) is 0 Å². The lowest BCUT2D eigenvalue weighted by Gasteiger charge is -2.34. The van der Waals surface area contributed by atoms with E-state index in [1.165, 1.54) is 77.4 Å². The van der Waals surface area contributed by atoms with Crippen LogP contribution in [0.2, 0.25) is 0 Å². The summed E-state index contributed by atoms with van der Waals surface area (Å²) in [6, 6.07) is 0.758. The highest BCUT2D eigenvalue weighted by Crippen LogP contribution is 2.27.